The molecule has 3 heteroatoms. The Morgan fingerprint density at radius 2 is 2.00 bits per heavy atom. The van der Waals surface area contributed by atoms with E-state index in [1.807, 2.05) is 30.3 Å². The van der Waals surface area contributed by atoms with E-state index in [2.05, 4.69) is 0 Å². The van der Waals surface area contributed by atoms with Gasteiger partial charge in [-0.25, -0.2) is 4.79 Å². The molecule has 0 fully saturated rings. The summed E-state index contributed by atoms with van der Waals surface area (Å²) in [6.45, 7) is 0. The van der Waals surface area contributed by atoms with Crippen LogP contribution in [-0.2, 0) is 16.0 Å². The molecule has 15 heavy (non-hydrogen) atoms. The molecule has 0 spiro atoms. The summed E-state index contributed by atoms with van der Waals surface area (Å²) in [5.41, 5.74) is 1.20. The molecule has 3 nitrogen and oxygen atoms in total. The monoisotopic (exact) mass is 204 g/mol. The van der Waals surface area contributed by atoms with Gasteiger partial charge in [0.05, 0.1) is 0 Å². The van der Waals surface area contributed by atoms with E-state index < -0.39 is 5.97 Å². The molecule has 1 atom stereocenters. The molecule has 0 radical (unpaired) electrons. The summed E-state index contributed by atoms with van der Waals surface area (Å²) in [6.07, 6.45) is 2.73. The Hall–Kier alpha value is -1.77. The Kier molecular flexibility index (Phi) is 2.72. The Morgan fingerprint density at radius 3 is 2.60 bits per heavy atom. The second-order valence-corrected chi connectivity index (χ2v) is 3.52. The van der Waals surface area contributed by atoms with E-state index in [1.54, 1.807) is 0 Å². The quantitative estimate of drug-likeness (QED) is 0.766. The van der Waals surface area contributed by atoms with Crippen molar-refractivity contribution in [3.8, 4) is 0 Å². The number of hydrogen-bond donors (Lipinski definition) is 1. The highest BCUT2D eigenvalue weighted by atomic mass is 16.6. The molecule has 0 aromatic heterocycles. The number of carbonyl (C=O) groups is 1. The van der Waals surface area contributed by atoms with Crippen molar-refractivity contribution in [3.63, 3.8) is 0 Å². The first-order valence-corrected chi connectivity index (χ1v) is 4.91. The van der Waals surface area contributed by atoms with Gasteiger partial charge in [-0.05, 0) is 18.4 Å². The fourth-order valence-corrected chi connectivity index (χ4v) is 1.57. The maximum atomic E-state index is 10.9. The van der Waals surface area contributed by atoms with Crippen LogP contribution in [0.25, 0.3) is 0 Å². The van der Waals surface area contributed by atoms with Gasteiger partial charge in [-0.15, -0.1) is 0 Å². The van der Waals surface area contributed by atoms with Crippen molar-refractivity contribution >= 4 is 5.97 Å². The van der Waals surface area contributed by atoms with Crippen molar-refractivity contribution in [1.82, 2.24) is 0 Å². The van der Waals surface area contributed by atoms with Crippen LogP contribution in [0.5, 0.6) is 0 Å². The van der Waals surface area contributed by atoms with E-state index in [0.29, 0.717) is 6.42 Å². The zero-order chi connectivity index (χ0) is 10.7. The number of aliphatic hydroxyl groups excluding tert-OH is 1. The molecule has 0 saturated carbocycles. The molecule has 2 rings (SSSR count). The third kappa shape index (κ3) is 2.37. The minimum atomic E-state index is -0.618. The molecular weight excluding hydrogens is 192 g/mol. The molecule has 1 heterocycles. The van der Waals surface area contributed by atoms with E-state index in [0.717, 1.165) is 6.42 Å². The average Bonchev–Trinajstić information content (AvgIpc) is 2.57. The number of cyclic esters (lactones) is 1. The SMILES string of the molecule is O=C1OC(CCc2ccccc2)C=C1O. The minimum Gasteiger partial charge on any atom is -0.502 e. The molecule has 1 unspecified atom stereocenters. The first kappa shape index (κ1) is 9.77. The van der Waals surface area contributed by atoms with Gasteiger partial charge in [0.2, 0.25) is 5.76 Å². The summed E-state index contributed by atoms with van der Waals surface area (Å²) >= 11 is 0. The number of ether oxygens (including phenoxy) is 1. The lowest BCUT2D eigenvalue weighted by molar-refractivity contribution is -0.142. The van der Waals surface area contributed by atoms with Gasteiger partial charge in [-0.2, -0.15) is 0 Å². The molecule has 1 aromatic carbocycles. The van der Waals surface area contributed by atoms with Crippen LogP contribution in [0, 0.1) is 0 Å². The molecular formula is C12H12O3. The van der Waals surface area contributed by atoms with Crippen molar-refractivity contribution in [2.75, 3.05) is 0 Å². The fourth-order valence-electron chi connectivity index (χ4n) is 1.57. The summed E-state index contributed by atoms with van der Waals surface area (Å²) in [6, 6.07) is 9.97. The zero-order valence-electron chi connectivity index (χ0n) is 8.22. The van der Waals surface area contributed by atoms with E-state index in [-0.39, 0.29) is 11.9 Å². The highest BCUT2D eigenvalue weighted by Crippen LogP contribution is 2.16. The smallest absolute Gasteiger partial charge is 0.373 e. The highest BCUT2D eigenvalue weighted by Gasteiger charge is 2.24. The lowest BCUT2D eigenvalue weighted by atomic mass is 10.1. The van der Waals surface area contributed by atoms with Gasteiger partial charge in [0.15, 0.2) is 0 Å². The summed E-state index contributed by atoms with van der Waals surface area (Å²) in [5, 5.41) is 9.05. The summed E-state index contributed by atoms with van der Waals surface area (Å²) in [7, 11) is 0. The van der Waals surface area contributed by atoms with Crippen LogP contribution in [0.3, 0.4) is 0 Å². The van der Waals surface area contributed by atoms with Crippen molar-refractivity contribution in [2.45, 2.75) is 18.9 Å². The Bertz CT molecular complexity index is 381. The predicted molar refractivity (Wildman–Crippen MR) is 55.4 cm³/mol. The van der Waals surface area contributed by atoms with Crippen molar-refractivity contribution in [1.29, 1.82) is 0 Å². The van der Waals surface area contributed by atoms with Crippen LogP contribution in [0.2, 0.25) is 0 Å². The summed E-state index contributed by atoms with van der Waals surface area (Å²) in [5.74, 6) is -0.888. The van der Waals surface area contributed by atoms with E-state index in [4.69, 9.17) is 9.84 Å². The first-order chi connectivity index (χ1) is 7.25. The van der Waals surface area contributed by atoms with Gasteiger partial charge in [0.25, 0.3) is 0 Å². The molecule has 0 bridgehead atoms. The molecule has 1 aliphatic heterocycles. The van der Waals surface area contributed by atoms with Crippen LogP contribution in [0.1, 0.15) is 12.0 Å². The van der Waals surface area contributed by atoms with E-state index in [1.165, 1.54) is 11.6 Å². The van der Waals surface area contributed by atoms with Crippen LogP contribution in [-0.4, -0.2) is 17.2 Å². The molecule has 1 aliphatic rings. The lowest BCUT2D eigenvalue weighted by Gasteiger charge is -2.07. The minimum absolute atomic E-state index is 0.270. The van der Waals surface area contributed by atoms with Crippen LogP contribution >= 0.6 is 0 Å². The van der Waals surface area contributed by atoms with Gasteiger partial charge in [-0.1, -0.05) is 30.3 Å². The lowest BCUT2D eigenvalue weighted by Crippen LogP contribution is -2.09. The maximum absolute atomic E-state index is 10.9. The van der Waals surface area contributed by atoms with Crippen molar-refractivity contribution < 1.29 is 14.6 Å². The predicted octanol–water partition coefficient (Wildman–Crippen LogP) is 1.99. The van der Waals surface area contributed by atoms with Crippen LogP contribution in [0.15, 0.2) is 42.2 Å². The number of carbonyl (C=O) groups excluding carboxylic acids is 1. The third-order valence-corrected chi connectivity index (χ3v) is 2.37. The zero-order valence-corrected chi connectivity index (χ0v) is 8.22. The Balaban J connectivity index is 1.88. The number of esters is 1. The number of aliphatic hydroxyl groups is 1. The maximum Gasteiger partial charge on any atom is 0.373 e. The summed E-state index contributed by atoms with van der Waals surface area (Å²) in [4.78, 5) is 10.9. The Morgan fingerprint density at radius 1 is 1.27 bits per heavy atom. The standard InChI is InChI=1S/C12H12O3/c13-11-8-10(15-12(11)14)7-6-9-4-2-1-3-5-9/h1-5,8,10,13H,6-7H2. The second kappa shape index (κ2) is 4.17. The van der Waals surface area contributed by atoms with Gasteiger partial charge in [0.1, 0.15) is 6.10 Å². The van der Waals surface area contributed by atoms with Crippen LogP contribution < -0.4 is 0 Å². The third-order valence-electron chi connectivity index (χ3n) is 2.37. The molecule has 1 N–H and O–H groups in total. The van der Waals surface area contributed by atoms with Gasteiger partial charge >= 0.3 is 5.97 Å². The number of benzene rings is 1. The van der Waals surface area contributed by atoms with E-state index >= 15 is 0 Å². The van der Waals surface area contributed by atoms with Crippen LogP contribution in [0.4, 0.5) is 0 Å². The normalized spacial score (nSPS) is 19.9. The van der Waals surface area contributed by atoms with E-state index in [9.17, 15) is 4.79 Å². The number of hydrogen-bond acceptors (Lipinski definition) is 3. The number of aryl methyl sites for hydroxylation is 1. The molecule has 0 saturated heterocycles. The van der Waals surface area contributed by atoms with Crippen molar-refractivity contribution in [3.05, 3.63) is 47.7 Å². The first-order valence-electron chi connectivity index (χ1n) is 4.91. The molecule has 1 aromatic rings. The van der Waals surface area contributed by atoms with Gasteiger partial charge in [0, 0.05) is 6.08 Å². The van der Waals surface area contributed by atoms with Crippen molar-refractivity contribution in [2.24, 2.45) is 0 Å². The highest BCUT2D eigenvalue weighted by molar-refractivity contribution is 5.88. The molecule has 0 amide bonds. The topological polar surface area (TPSA) is 46.5 Å². The average molecular weight is 204 g/mol. The molecule has 78 valence electrons. The van der Waals surface area contributed by atoms with Gasteiger partial charge < -0.3 is 9.84 Å². The number of rotatable bonds is 3. The Labute approximate surface area is 88.0 Å². The molecule has 0 aliphatic carbocycles. The fraction of sp³-hybridized carbons (Fsp3) is 0.250. The second-order valence-electron chi connectivity index (χ2n) is 3.52. The summed E-state index contributed by atoms with van der Waals surface area (Å²) < 4.78 is 4.91. The van der Waals surface area contributed by atoms with Gasteiger partial charge in [-0.3, -0.25) is 0 Å². The largest absolute Gasteiger partial charge is 0.502 e.